The third kappa shape index (κ3) is 3.66. The molecule has 1 heterocycles. The average molecular weight is 322 g/mol. The highest BCUT2D eigenvalue weighted by Gasteiger charge is 2.13. The van der Waals surface area contributed by atoms with Crippen molar-refractivity contribution in [3.05, 3.63) is 60.7 Å². The van der Waals surface area contributed by atoms with Crippen LogP contribution in [0.2, 0.25) is 0 Å². The van der Waals surface area contributed by atoms with Crippen molar-refractivity contribution in [2.75, 3.05) is 6.54 Å². The van der Waals surface area contributed by atoms with Gasteiger partial charge in [-0.1, -0.05) is 48.5 Å². The number of aromatic nitrogens is 1. The van der Waals surface area contributed by atoms with Gasteiger partial charge < -0.3 is 15.0 Å². The minimum Gasteiger partial charge on any atom is -0.393 e. The first-order valence-electron chi connectivity index (χ1n) is 8.23. The molecule has 0 saturated carbocycles. The molecule has 1 aromatic heterocycles. The average Bonchev–Trinajstić information content (AvgIpc) is 2.94. The van der Waals surface area contributed by atoms with Gasteiger partial charge in [-0.3, -0.25) is 4.79 Å². The van der Waals surface area contributed by atoms with Crippen molar-refractivity contribution >= 4 is 16.8 Å². The van der Waals surface area contributed by atoms with E-state index >= 15 is 0 Å². The zero-order valence-corrected chi connectivity index (χ0v) is 13.8. The smallest absolute Gasteiger partial charge is 0.239 e. The number of aliphatic hydroxyl groups is 1. The summed E-state index contributed by atoms with van der Waals surface area (Å²) in [5.74, 6) is -0.0471. The van der Waals surface area contributed by atoms with Crippen LogP contribution in [-0.2, 0) is 11.3 Å². The first kappa shape index (κ1) is 16.3. The largest absolute Gasteiger partial charge is 0.393 e. The topological polar surface area (TPSA) is 54.3 Å². The molecule has 0 fully saturated rings. The maximum Gasteiger partial charge on any atom is 0.239 e. The van der Waals surface area contributed by atoms with Crippen LogP contribution in [0.5, 0.6) is 0 Å². The van der Waals surface area contributed by atoms with Crippen molar-refractivity contribution in [3.8, 4) is 11.3 Å². The number of fused-ring (bicyclic) bond motifs is 1. The molecule has 4 nitrogen and oxygen atoms in total. The Labute approximate surface area is 141 Å². The molecule has 0 saturated heterocycles. The van der Waals surface area contributed by atoms with E-state index in [1.807, 2.05) is 41.0 Å². The van der Waals surface area contributed by atoms with E-state index in [2.05, 4.69) is 29.6 Å². The molecule has 0 aliphatic rings. The number of hydrogen-bond acceptors (Lipinski definition) is 2. The first-order valence-corrected chi connectivity index (χ1v) is 8.23. The summed E-state index contributed by atoms with van der Waals surface area (Å²) in [4.78, 5) is 12.3. The highest BCUT2D eigenvalue weighted by Crippen LogP contribution is 2.28. The Morgan fingerprint density at radius 1 is 1.12 bits per heavy atom. The Bertz CT molecular complexity index is 822. The summed E-state index contributed by atoms with van der Waals surface area (Å²) in [7, 11) is 0. The SMILES string of the molecule is C[C@@H](O)CCNC(=O)Cn1c(-c2ccccc2)cc2ccccc21. The van der Waals surface area contributed by atoms with E-state index in [1.54, 1.807) is 6.92 Å². The van der Waals surface area contributed by atoms with Gasteiger partial charge in [0.25, 0.3) is 0 Å². The Hall–Kier alpha value is -2.59. The fraction of sp³-hybridized carbons (Fsp3) is 0.250. The highest BCUT2D eigenvalue weighted by atomic mass is 16.3. The molecule has 2 N–H and O–H groups in total. The normalized spacial score (nSPS) is 12.2. The molecule has 24 heavy (non-hydrogen) atoms. The van der Waals surface area contributed by atoms with Crippen LogP contribution in [0, 0.1) is 0 Å². The molecule has 2 aromatic carbocycles. The van der Waals surface area contributed by atoms with E-state index in [0.717, 1.165) is 22.2 Å². The van der Waals surface area contributed by atoms with Crippen LogP contribution in [0.3, 0.4) is 0 Å². The van der Waals surface area contributed by atoms with Crippen molar-refractivity contribution in [2.24, 2.45) is 0 Å². The Morgan fingerprint density at radius 3 is 2.58 bits per heavy atom. The fourth-order valence-corrected chi connectivity index (χ4v) is 2.85. The summed E-state index contributed by atoms with van der Waals surface area (Å²) in [6.45, 7) is 2.47. The molecule has 0 bridgehead atoms. The van der Waals surface area contributed by atoms with Gasteiger partial charge in [0, 0.05) is 23.1 Å². The van der Waals surface area contributed by atoms with Gasteiger partial charge in [0.05, 0.1) is 6.10 Å². The predicted molar refractivity (Wildman–Crippen MR) is 96.7 cm³/mol. The fourth-order valence-electron chi connectivity index (χ4n) is 2.85. The van der Waals surface area contributed by atoms with Crippen LogP contribution in [-0.4, -0.2) is 28.2 Å². The lowest BCUT2D eigenvalue weighted by Crippen LogP contribution is -2.30. The number of nitrogens with one attached hydrogen (secondary N) is 1. The zero-order chi connectivity index (χ0) is 16.9. The molecule has 0 spiro atoms. The van der Waals surface area contributed by atoms with E-state index in [-0.39, 0.29) is 12.5 Å². The number of para-hydroxylation sites is 1. The quantitative estimate of drug-likeness (QED) is 0.732. The molecule has 1 amide bonds. The lowest BCUT2D eigenvalue weighted by atomic mass is 10.1. The molecule has 0 unspecified atom stereocenters. The van der Waals surface area contributed by atoms with Crippen molar-refractivity contribution < 1.29 is 9.90 Å². The van der Waals surface area contributed by atoms with Gasteiger partial charge in [-0.05, 0) is 31.0 Å². The first-order chi connectivity index (χ1) is 11.6. The van der Waals surface area contributed by atoms with Gasteiger partial charge in [0.15, 0.2) is 0 Å². The van der Waals surface area contributed by atoms with E-state index in [4.69, 9.17) is 0 Å². The summed E-state index contributed by atoms with van der Waals surface area (Å²) in [5.41, 5.74) is 3.16. The van der Waals surface area contributed by atoms with Crippen molar-refractivity contribution in [1.29, 1.82) is 0 Å². The summed E-state index contributed by atoms with van der Waals surface area (Å²) in [6, 6.07) is 20.3. The maximum atomic E-state index is 12.3. The molecular weight excluding hydrogens is 300 g/mol. The van der Waals surface area contributed by atoms with Crippen LogP contribution in [0.4, 0.5) is 0 Å². The van der Waals surface area contributed by atoms with Gasteiger partial charge >= 0.3 is 0 Å². The number of hydrogen-bond donors (Lipinski definition) is 2. The standard InChI is InChI=1S/C20H22N2O2/c1-15(23)11-12-21-20(24)14-22-18-10-6-5-9-17(18)13-19(22)16-7-3-2-4-8-16/h2-10,13,15,23H,11-12,14H2,1H3,(H,21,24)/t15-/m1/s1. The second-order valence-corrected chi connectivity index (χ2v) is 6.03. The Morgan fingerprint density at radius 2 is 1.83 bits per heavy atom. The molecular formula is C20H22N2O2. The monoisotopic (exact) mass is 322 g/mol. The molecule has 0 aliphatic carbocycles. The van der Waals surface area contributed by atoms with Crippen molar-refractivity contribution in [2.45, 2.75) is 26.0 Å². The number of amides is 1. The van der Waals surface area contributed by atoms with Gasteiger partial charge in [-0.15, -0.1) is 0 Å². The number of carbonyl (C=O) groups excluding carboxylic acids is 1. The number of nitrogens with zero attached hydrogens (tertiary/aromatic N) is 1. The summed E-state index contributed by atoms with van der Waals surface area (Å²) < 4.78 is 2.04. The third-order valence-corrected chi connectivity index (χ3v) is 4.07. The maximum absolute atomic E-state index is 12.3. The number of carbonyl (C=O) groups is 1. The lowest BCUT2D eigenvalue weighted by Gasteiger charge is -2.12. The molecule has 3 rings (SSSR count). The number of benzene rings is 2. The minimum atomic E-state index is -0.405. The second kappa shape index (κ2) is 7.32. The predicted octanol–water partition coefficient (Wildman–Crippen LogP) is 3.20. The summed E-state index contributed by atoms with van der Waals surface area (Å²) >= 11 is 0. The summed E-state index contributed by atoms with van der Waals surface area (Å²) in [5, 5.41) is 13.3. The van der Waals surface area contributed by atoms with Gasteiger partial charge in [-0.25, -0.2) is 0 Å². The van der Waals surface area contributed by atoms with E-state index < -0.39 is 6.10 Å². The minimum absolute atomic E-state index is 0.0471. The zero-order valence-electron chi connectivity index (χ0n) is 13.8. The van der Waals surface area contributed by atoms with Crippen LogP contribution in [0.1, 0.15) is 13.3 Å². The molecule has 124 valence electrons. The van der Waals surface area contributed by atoms with Crippen molar-refractivity contribution in [3.63, 3.8) is 0 Å². The van der Waals surface area contributed by atoms with Crippen LogP contribution in [0.25, 0.3) is 22.2 Å². The second-order valence-electron chi connectivity index (χ2n) is 6.03. The van der Waals surface area contributed by atoms with Crippen molar-refractivity contribution in [1.82, 2.24) is 9.88 Å². The summed E-state index contributed by atoms with van der Waals surface area (Å²) in [6.07, 6.45) is 0.154. The number of aliphatic hydroxyl groups excluding tert-OH is 1. The van der Waals surface area contributed by atoms with E-state index in [0.29, 0.717) is 13.0 Å². The highest BCUT2D eigenvalue weighted by molar-refractivity contribution is 5.89. The number of rotatable bonds is 6. The Balaban J connectivity index is 1.89. The molecule has 0 radical (unpaired) electrons. The van der Waals surface area contributed by atoms with Gasteiger partial charge in [0.2, 0.25) is 5.91 Å². The van der Waals surface area contributed by atoms with E-state index in [9.17, 15) is 9.90 Å². The van der Waals surface area contributed by atoms with Crippen LogP contribution < -0.4 is 5.32 Å². The lowest BCUT2D eigenvalue weighted by molar-refractivity contribution is -0.121. The van der Waals surface area contributed by atoms with E-state index in [1.165, 1.54) is 0 Å². The molecule has 0 aliphatic heterocycles. The molecule has 1 atom stereocenters. The molecule has 3 aromatic rings. The van der Waals surface area contributed by atoms with Gasteiger partial charge in [0.1, 0.15) is 6.54 Å². The Kier molecular flexibility index (Phi) is 4.96. The van der Waals surface area contributed by atoms with Crippen LogP contribution >= 0.6 is 0 Å². The molecule has 4 heteroatoms. The van der Waals surface area contributed by atoms with Gasteiger partial charge in [-0.2, -0.15) is 0 Å². The van der Waals surface area contributed by atoms with Crippen LogP contribution in [0.15, 0.2) is 60.7 Å². The third-order valence-electron chi connectivity index (χ3n) is 4.07.